The van der Waals surface area contributed by atoms with Crippen LogP contribution in [0.4, 0.5) is 0 Å². The average Bonchev–Trinajstić information content (AvgIpc) is 2.83. The Bertz CT molecular complexity index is 434. The quantitative estimate of drug-likeness (QED) is 0.749. The van der Waals surface area contributed by atoms with Gasteiger partial charge in [-0.3, -0.25) is 0 Å². The molecule has 2 atom stereocenters. The summed E-state index contributed by atoms with van der Waals surface area (Å²) in [5.41, 5.74) is 0.208. The Morgan fingerprint density at radius 3 is 2.76 bits per heavy atom. The zero-order valence-corrected chi connectivity index (χ0v) is 9.76. The second-order valence-corrected chi connectivity index (χ2v) is 4.26. The summed E-state index contributed by atoms with van der Waals surface area (Å²) in [5.74, 6) is 0.0422. The second kappa shape index (κ2) is 4.61. The molecule has 1 aromatic heterocycles. The number of rotatable bonds is 4. The zero-order valence-electron chi connectivity index (χ0n) is 9.76. The van der Waals surface area contributed by atoms with Gasteiger partial charge in [0.15, 0.2) is 0 Å². The number of esters is 2. The minimum absolute atomic E-state index is 0.0266. The lowest BCUT2D eigenvalue weighted by Gasteiger charge is -2.00. The van der Waals surface area contributed by atoms with Crippen molar-refractivity contribution in [3.63, 3.8) is 0 Å². The van der Waals surface area contributed by atoms with Gasteiger partial charge >= 0.3 is 11.9 Å². The first kappa shape index (κ1) is 11.7. The number of methoxy groups -OCH3 is 1. The van der Waals surface area contributed by atoms with E-state index in [0.717, 1.165) is 6.42 Å². The summed E-state index contributed by atoms with van der Waals surface area (Å²) in [6.45, 7) is 2.52. The largest absolute Gasteiger partial charge is 0.465 e. The van der Waals surface area contributed by atoms with Crippen molar-refractivity contribution in [3.8, 4) is 0 Å². The highest BCUT2D eigenvalue weighted by Crippen LogP contribution is 2.37. The molecule has 1 heterocycles. The first-order chi connectivity index (χ1) is 8.11. The molecule has 0 spiro atoms. The molecule has 0 aromatic carbocycles. The van der Waals surface area contributed by atoms with E-state index in [0.29, 0.717) is 18.4 Å². The van der Waals surface area contributed by atoms with E-state index >= 15 is 0 Å². The van der Waals surface area contributed by atoms with Crippen LogP contribution in [-0.2, 0) is 9.47 Å². The Labute approximate surface area is 98.7 Å². The maximum atomic E-state index is 11.5. The van der Waals surface area contributed by atoms with E-state index in [1.807, 2.05) is 0 Å². The Morgan fingerprint density at radius 2 is 2.18 bits per heavy atom. The Morgan fingerprint density at radius 1 is 1.47 bits per heavy atom. The summed E-state index contributed by atoms with van der Waals surface area (Å²) in [4.78, 5) is 22.7. The molecule has 0 amide bonds. The van der Waals surface area contributed by atoms with Crippen LogP contribution in [0, 0.1) is 11.8 Å². The smallest absolute Gasteiger partial charge is 0.374 e. The molecule has 1 fully saturated rings. The van der Waals surface area contributed by atoms with Gasteiger partial charge in [0.25, 0.3) is 0 Å². The third-order valence-corrected chi connectivity index (χ3v) is 2.93. The van der Waals surface area contributed by atoms with Crippen LogP contribution in [0.5, 0.6) is 0 Å². The van der Waals surface area contributed by atoms with Crippen molar-refractivity contribution in [1.29, 1.82) is 0 Å². The predicted molar refractivity (Wildman–Crippen MR) is 57.6 cm³/mol. The minimum atomic E-state index is -0.542. The molecule has 0 radical (unpaired) electrons. The second-order valence-electron chi connectivity index (χ2n) is 4.26. The molecule has 1 aliphatic carbocycles. The van der Waals surface area contributed by atoms with Crippen molar-refractivity contribution < 1.29 is 23.5 Å². The molecule has 0 N–H and O–H groups in total. The highest BCUT2D eigenvalue weighted by molar-refractivity contribution is 5.93. The molecule has 1 saturated carbocycles. The zero-order chi connectivity index (χ0) is 12.4. The lowest BCUT2D eigenvalue weighted by Crippen LogP contribution is -2.07. The average molecular weight is 238 g/mol. The molecule has 1 aromatic rings. The van der Waals surface area contributed by atoms with Crippen LogP contribution < -0.4 is 0 Å². The normalized spacial score (nSPS) is 22.0. The van der Waals surface area contributed by atoms with Gasteiger partial charge in [-0.15, -0.1) is 0 Å². The van der Waals surface area contributed by atoms with Crippen LogP contribution in [0.1, 0.15) is 34.3 Å². The summed E-state index contributed by atoms with van der Waals surface area (Å²) in [7, 11) is 1.27. The molecular formula is C12H14O5. The van der Waals surface area contributed by atoms with Gasteiger partial charge in [0.1, 0.15) is 6.26 Å². The molecule has 5 nitrogen and oxygen atoms in total. The first-order valence-corrected chi connectivity index (χ1v) is 5.45. The SMILES string of the molecule is COC(=O)c1coc(C(=O)OC[C@H]2C[C@@H]2C)c1. The van der Waals surface area contributed by atoms with E-state index < -0.39 is 11.9 Å². The van der Waals surface area contributed by atoms with Gasteiger partial charge in [0.2, 0.25) is 5.76 Å². The van der Waals surface area contributed by atoms with Crippen molar-refractivity contribution in [3.05, 3.63) is 23.7 Å². The molecule has 17 heavy (non-hydrogen) atoms. The number of hydrogen-bond acceptors (Lipinski definition) is 5. The summed E-state index contributed by atoms with van der Waals surface area (Å²) in [6.07, 6.45) is 2.28. The predicted octanol–water partition coefficient (Wildman–Crippen LogP) is 1.88. The fourth-order valence-electron chi connectivity index (χ4n) is 1.55. The van der Waals surface area contributed by atoms with Gasteiger partial charge in [-0.05, 0) is 18.3 Å². The molecule has 1 aliphatic rings. The van der Waals surface area contributed by atoms with Crippen LogP contribution in [0.3, 0.4) is 0 Å². The summed E-state index contributed by atoms with van der Waals surface area (Å²) in [5, 5.41) is 0. The lowest BCUT2D eigenvalue weighted by molar-refractivity contribution is 0.0444. The maximum absolute atomic E-state index is 11.5. The van der Waals surface area contributed by atoms with Crippen LogP contribution in [0.25, 0.3) is 0 Å². The van der Waals surface area contributed by atoms with E-state index in [1.54, 1.807) is 0 Å². The first-order valence-electron chi connectivity index (χ1n) is 5.45. The molecule has 5 heteroatoms. The Balaban J connectivity index is 1.90. The van der Waals surface area contributed by atoms with E-state index in [4.69, 9.17) is 9.15 Å². The van der Waals surface area contributed by atoms with E-state index in [-0.39, 0.29) is 11.3 Å². The number of ether oxygens (including phenoxy) is 2. The molecule has 2 rings (SSSR count). The third kappa shape index (κ3) is 2.67. The highest BCUT2D eigenvalue weighted by Gasteiger charge is 2.34. The van der Waals surface area contributed by atoms with Crippen LogP contribution >= 0.6 is 0 Å². The molecule has 0 saturated heterocycles. The summed E-state index contributed by atoms with van der Waals surface area (Å²) in [6, 6.07) is 1.32. The van der Waals surface area contributed by atoms with Gasteiger partial charge in [0, 0.05) is 6.07 Å². The van der Waals surface area contributed by atoms with Crippen molar-refractivity contribution in [1.82, 2.24) is 0 Å². The number of furan rings is 1. The van der Waals surface area contributed by atoms with Gasteiger partial charge < -0.3 is 13.9 Å². The van der Waals surface area contributed by atoms with Crippen molar-refractivity contribution in [2.45, 2.75) is 13.3 Å². The van der Waals surface area contributed by atoms with Crippen molar-refractivity contribution in [2.24, 2.45) is 11.8 Å². The van der Waals surface area contributed by atoms with E-state index in [9.17, 15) is 9.59 Å². The molecular weight excluding hydrogens is 224 g/mol. The Kier molecular flexibility index (Phi) is 3.17. The maximum Gasteiger partial charge on any atom is 0.374 e. The molecule has 92 valence electrons. The van der Waals surface area contributed by atoms with Gasteiger partial charge in [-0.1, -0.05) is 6.92 Å². The topological polar surface area (TPSA) is 65.7 Å². The van der Waals surface area contributed by atoms with E-state index in [2.05, 4.69) is 11.7 Å². The monoisotopic (exact) mass is 238 g/mol. The van der Waals surface area contributed by atoms with Gasteiger partial charge in [-0.25, -0.2) is 9.59 Å². The van der Waals surface area contributed by atoms with Crippen molar-refractivity contribution >= 4 is 11.9 Å². The fourth-order valence-corrected chi connectivity index (χ4v) is 1.55. The van der Waals surface area contributed by atoms with Crippen molar-refractivity contribution in [2.75, 3.05) is 13.7 Å². The third-order valence-electron chi connectivity index (χ3n) is 2.93. The minimum Gasteiger partial charge on any atom is -0.465 e. The van der Waals surface area contributed by atoms with Crippen LogP contribution in [0.15, 0.2) is 16.7 Å². The summed E-state index contributed by atoms with van der Waals surface area (Å²) < 4.78 is 14.5. The molecule has 0 unspecified atom stereocenters. The highest BCUT2D eigenvalue weighted by atomic mass is 16.5. The van der Waals surface area contributed by atoms with Gasteiger partial charge in [-0.2, -0.15) is 0 Å². The molecule has 0 bridgehead atoms. The lowest BCUT2D eigenvalue weighted by atomic mass is 10.3. The number of carbonyl (C=O) groups is 2. The standard InChI is InChI=1S/C12H14O5/c1-7-3-8(7)5-17-12(14)10-4-9(6-16-10)11(13)15-2/h4,6-8H,3,5H2,1-2H3/t7-,8+/m0/s1. The summed E-state index contributed by atoms with van der Waals surface area (Å²) >= 11 is 0. The van der Waals surface area contributed by atoms with E-state index in [1.165, 1.54) is 19.4 Å². The number of hydrogen-bond donors (Lipinski definition) is 0. The van der Waals surface area contributed by atoms with Gasteiger partial charge in [0.05, 0.1) is 19.3 Å². The Hall–Kier alpha value is -1.78. The van der Waals surface area contributed by atoms with Crippen LogP contribution in [0.2, 0.25) is 0 Å². The fraction of sp³-hybridized carbons (Fsp3) is 0.500. The van der Waals surface area contributed by atoms with Crippen LogP contribution in [-0.4, -0.2) is 25.7 Å². The number of carbonyl (C=O) groups excluding carboxylic acids is 2. The molecule has 0 aliphatic heterocycles.